The van der Waals surface area contributed by atoms with Gasteiger partial charge in [-0.3, -0.25) is 4.79 Å². The van der Waals surface area contributed by atoms with Crippen LogP contribution >= 0.6 is 0 Å². The van der Waals surface area contributed by atoms with E-state index < -0.39 is 6.04 Å². The Morgan fingerprint density at radius 3 is 2.65 bits per heavy atom. The highest BCUT2D eigenvalue weighted by Gasteiger charge is 2.15. The van der Waals surface area contributed by atoms with Gasteiger partial charge in [0.25, 0.3) is 0 Å². The molecule has 1 aromatic rings. The number of nitrogens with two attached hydrogens (primary N) is 1. The maximum atomic E-state index is 11.6. The summed E-state index contributed by atoms with van der Waals surface area (Å²) in [5.41, 5.74) is 6.63. The molecule has 1 aromatic carbocycles. The highest BCUT2D eigenvalue weighted by molar-refractivity contribution is 5.82. The van der Waals surface area contributed by atoms with Gasteiger partial charge in [-0.1, -0.05) is 18.1 Å². The molecule has 2 atom stereocenters. The molecule has 0 saturated carbocycles. The summed E-state index contributed by atoms with van der Waals surface area (Å²) in [6.07, 6.45) is 5.56. The lowest BCUT2D eigenvalue weighted by atomic mass is 10.1. The van der Waals surface area contributed by atoms with Crippen molar-refractivity contribution in [3.05, 3.63) is 29.8 Å². The summed E-state index contributed by atoms with van der Waals surface area (Å²) in [6, 6.07) is 5.61. The number of benzene rings is 1. The van der Waals surface area contributed by atoms with E-state index in [-0.39, 0.29) is 17.7 Å². The summed E-state index contributed by atoms with van der Waals surface area (Å²) < 4.78 is 0. The standard InChI is InChI=1S/C13H16N2O2/c1-3-9(2)15-13(17)12(14)8-10-4-6-11(16)7-5-10/h1,4-7,9,12,16H,8,14H2,2H3,(H,15,17)/t9?,12-/m0/s1. The number of nitrogens with one attached hydrogen (secondary N) is 1. The fourth-order valence-corrected chi connectivity index (χ4v) is 1.34. The Kier molecular flexibility index (Phi) is 4.56. The molecule has 0 heterocycles. The van der Waals surface area contributed by atoms with E-state index in [0.29, 0.717) is 6.42 Å². The molecule has 4 N–H and O–H groups in total. The van der Waals surface area contributed by atoms with Gasteiger partial charge in [0.2, 0.25) is 5.91 Å². The minimum Gasteiger partial charge on any atom is -0.508 e. The molecule has 0 radical (unpaired) electrons. The maximum Gasteiger partial charge on any atom is 0.238 e. The van der Waals surface area contributed by atoms with Crippen molar-refractivity contribution in [2.45, 2.75) is 25.4 Å². The number of phenols is 1. The molecule has 1 rings (SSSR count). The summed E-state index contributed by atoms with van der Waals surface area (Å²) in [6.45, 7) is 1.71. The smallest absolute Gasteiger partial charge is 0.238 e. The van der Waals surface area contributed by atoms with Gasteiger partial charge in [-0.15, -0.1) is 6.42 Å². The van der Waals surface area contributed by atoms with Gasteiger partial charge in [-0.25, -0.2) is 0 Å². The van der Waals surface area contributed by atoms with Crippen LogP contribution in [0.5, 0.6) is 5.75 Å². The first kappa shape index (κ1) is 13.1. The van der Waals surface area contributed by atoms with Crippen molar-refractivity contribution in [1.29, 1.82) is 0 Å². The molecule has 4 nitrogen and oxygen atoms in total. The molecule has 17 heavy (non-hydrogen) atoms. The van der Waals surface area contributed by atoms with Crippen molar-refractivity contribution in [2.24, 2.45) is 5.73 Å². The minimum atomic E-state index is -0.643. The van der Waals surface area contributed by atoms with Gasteiger partial charge in [0.15, 0.2) is 0 Å². The van der Waals surface area contributed by atoms with Crippen molar-refractivity contribution in [1.82, 2.24) is 5.32 Å². The molecule has 0 aliphatic carbocycles. The lowest BCUT2D eigenvalue weighted by Crippen LogP contribution is -2.45. The van der Waals surface area contributed by atoms with Crippen LogP contribution in [-0.2, 0) is 11.2 Å². The Balaban J connectivity index is 2.54. The van der Waals surface area contributed by atoms with E-state index in [2.05, 4.69) is 11.2 Å². The predicted molar refractivity (Wildman–Crippen MR) is 66.2 cm³/mol. The second kappa shape index (κ2) is 5.92. The molecule has 1 amide bonds. The predicted octanol–water partition coefficient (Wildman–Crippen LogP) is 0.400. The third-order valence-corrected chi connectivity index (χ3v) is 2.34. The lowest BCUT2D eigenvalue weighted by molar-refractivity contribution is -0.122. The average molecular weight is 232 g/mol. The summed E-state index contributed by atoms with van der Waals surface area (Å²) in [5.74, 6) is 2.31. The lowest BCUT2D eigenvalue weighted by Gasteiger charge is -2.14. The fraction of sp³-hybridized carbons (Fsp3) is 0.308. The van der Waals surface area contributed by atoms with Crippen LogP contribution in [0.2, 0.25) is 0 Å². The van der Waals surface area contributed by atoms with Crippen molar-refractivity contribution < 1.29 is 9.90 Å². The largest absolute Gasteiger partial charge is 0.508 e. The number of amides is 1. The van der Waals surface area contributed by atoms with Crippen molar-refractivity contribution in [3.63, 3.8) is 0 Å². The number of hydrogen-bond donors (Lipinski definition) is 3. The van der Waals surface area contributed by atoms with E-state index >= 15 is 0 Å². The van der Waals surface area contributed by atoms with Gasteiger partial charge in [0.1, 0.15) is 5.75 Å². The highest BCUT2D eigenvalue weighted by atomic mass is 16.3. The van der Waals surface area contributed by atoms with E-state index in [9.17, 15) is 4.79 Å². The number of terminal acetylenes is 1. The molecular weight excluding hydrogens is 216 g/mol. The molecule has 0 aromatic heterocycles. The van der Waals surface area contributed by atoms with Gasteiger partial charge in [0.05, 0.1) is 12.1 Å². The van der Waals surface area contributed by atoms with Crippen LogP contribution < -0.4 is 11.1 Å². The quantitative estimate of drug-likeness (QED) is 0.658. The van der Waals surface area contributed by atoms with Gasteiger partial charge in [0, 0.05) is 0 Å². The molecule has 90 valence electrons. The zero-order valence-corrected chi connectivity index (χ0v) is 9.68. The summed E-state index contributed by atoms with van der Waals surface area (Å²) in [4.78, 5) is 11.6. The van der Waals surface area contributed by atoms with Crippen LogP contribution in [0.1, 0.15) is 12.5 Å². The molecule has 0 aliphatic rings. The van der Waals surface area contributed by atoms with Crippen LogP contribution in [0.25, 0.3) is 0 Å². The third-order valence-electron chi connectivity index (χ3n) is 2.34. The van der Waals surface area contributed by atoms with E-state index in [4.69, 9.17) is 17.3 Å². The van der Waals surface area contributed by atoms with Crippen LogP contribution in [0.4, 0.5) is 0 Å². The number of carbonyl (C=O) groups excluding carboxylic acids is 1. The fourth-order valence-electron chi connectivity index (χ4n) is 1.34. The number of carbonyl (C=O) groups is 1. The molecule has 0 saturated heterocycles. The van der Waals surface area contributed by atoms with Gasteiger partial charge in [-0.05, 0) is 31.0 Å². The Morgan fingerprint density at radius 2 is 2.12 bits per heavy atom. The number of aromatic hydroxyl groups is 1. The van der Waals surface area contributed by atoms with Crippen LogP contribution in [0.3, 0.4) is 0 Å². The van der Waals surface area contributed by atoms with Crippen molar-refractivity contribution in [3.8, 4) is 18.1 Å². The van der Waals surface area contributed by atoms with E-state index in [1.807, 2.05) is 0 Å². The summed E-state index contributed by atoms with van der Waals surface area (Å²) >= 11 is 0. The van der Waals surface area contributed by atoms with Gasteiger partial charge in [-0.2, -0.15) is 0 Å². The summed E-state index contributed by atoms with van der Waals surface area (Å²) in [5, 5.41) is 11.7. The first-order valence-electron chi connectivity index (χ1n) is 5.33. The SMILES string of the molecule is C#CC(C)NC(=O)[C@@H](N)Cc1ccc(O)cc1. The topological polar surface area (TPSA) is 75.4 Å². The number of phenolic OH excluding ortho intramolecular Hbond substituents is 1. The van der Waals surface area contributed by atoms with Crippen molar-refractivity contribution >= 4 is 5.91 Å². The Morgan fingerprint density at radius 1 is 1.53 bits per heavy atom. The van der Waals surface area contributed by atoms with Gasteiger partial charge >= 0.3 is 0 Å². The molecule has 0 spiro atoms. The Bertz CT molecular complexity index is 420. The normalized spacial score (nSPS) is 13.5. The molecule has 0 bridgehead atoms. The zero-order valence-electron chi connectivity index (χ0n) is 9.68. The van der Waals surface area contributed by atoms with E-state index in [0.717, 1.165) is 5.56 Å². The Hall–Kier alpha value is -1.99. The molecule has 1 unspecified atom stereocenters. The monoisotopic (exact) mass is 232 g/mol. The van der Waals surface area contributed by atoms with Crippen LogP contribution in [-0.4, -0.2) is 23.1 Å². The zero-order chi connectivity index (χ0) is 12.8. The van der Waals surface area contributed by atoms with Gasteiger partial charge < -0.3 is 16.2 Å². The first-order chi connectivity index (χ1) is 8.02. The Labute approximate surface area is 101 Å². The van der Waals surface area contributed by atoms with Crippen molar-refractivity contribution in [2.75, 3.05) is 0 Å². The first-order valence-corrected chi connectivity index (χ1v) is 5.33. The summed E-state index contributed by atoms with van der Waals surface area (Å²) in [7, 11) is 0. The second-order valence-electron chi connectivity index (χ2n) is 3.87. The molecule has 0 fully saturated rings. The minimum absolute atomic E-state index is 0.188. The molecule has 0 aliphatic heterocycles. The van der Waals surface area contributed by atoms with Crippen LogP contribution in [0.15, 0.2) is 24.3 Å². The average Bonchev–Trinajstić information content (AvgIpc) is 2.31. The number of rotatable bonds is 4. The third kappa shape index (κ3) is 4.17. The van der Waals surface area contributed by atoms with E-state index in [1.165, 1.54) is 0 Å². The van der Waals surface area contributed by atoms with E-state index in [1.54, 1.807) is 31.2 Å². The number of hydrogen-bond acceptors (Lipinski definition) is 3. The second-order valence-corrected chi connectivity index (χ2v) is 3.87. The molecular formula is C13H16N2O2. The maximum absolute atomic E-state index is 11.6. The van der Waals surface area contributed by atoms with Crippen LogP contribution in [0, 0.1) is 12.3 Å². The molecule has 4 heteroatoms. The highest BCUT2D eigenvalue weighted by Crippen LogP contribution is 2.10.